The van der Waals surface area contributed by atoms with Crippen molar-refractivity contribution < 1.29 is 4.79 Å². The topological polar surface area (TPSA) is 60.0 Å². The van der Waals surface area contributed by atoms with Crippen LogP contribution < -0.4 is 10.6 Å². The lowest BCUT2D eigenvalue weighted by molar-refractivity contribution is -0.119. The molecule has 2 aliphatic heterocycles. The maximum absolute atomic E-state index is 11.8. The fourth-order valence-corrected chi connectivity index (χ4v) is 4.54. The average Bonchev–Trinajstić information content (AvgIpc) is 2.72. The van der Waals surface area contributed by atoms with Crippen LogP contribution in [0.2, 0.25) is 0 Å². The van der Waals surface area contributed by atoms with E-state index in [-0.39, 0.29) is 12.5 Å². The number of amides is 1. The van der Waals surface area contributed by atoms with Crippen LogP contribution in [0.25, 0.3) is 0 Å². The summed E-state index contributed by atoms with van der Waals surface area (Å²) in [4.78, 5) is 21.4. The summed E-state index contributed by atoms with van der Waals surface area (Å²) in [7, 11) is 0. The molecule has 0 saturated carbocycles. The summed E-state index contributed by atoms with van der Waals surface area (Å²) in [6.07, 6.45) is 3.69. The number of likely N-dealkylation sites (tertiary alicyclic amines) is 2. The first-order chi connectivity index (χ1) is 13.7. The highest BCUT2D eigenvalue weighted by Crippen LogP contribution is 2.31. The van der Waals surface area contributed by atoms with Crippen molar-refractivity contribution in [2.24, 2.45) is 10.9 Å². The van der Waals surface area contributed by atoms with Crippen LogP contribution in [0.15, 0.2) is 35.3 Å². The number of carbonyl (C=O) groups excluding carboxylic acids is 1. The van der Waals surface area contributed by atoms with Crippen LogP contribution >= 0.6 is 0 Å². The van der Waals surface area contributed by atoms with Crippen molar-refractivity contribution in [2.45, 2.75) is 45.7 Å². The number of benzene rings is 1. The third-order valence-electron chi connectivity index (χ3n) is 5.79. The van der Waals surface area contributed by atoms with Crippen LogP contribution in [-0.4, -0.2) is 67.0 Å². The molecule has 2 saturated heterocycles. The van der Waals surface area contributed by atoms with Crippen molar-refractivity contribution in [2.75, 3.05) is 39.3 Å². The number of likely N-dealkylation sites (N-methyl/N-ethyl adjacent to an activating group) is 1. The van der Waals surface area contributed by atoms with Gasteiger partial charge in [0.1, 0.15) is 6.54 Å². The van der Waals surface area contributed by atoms with Gasteiger partial charge in [0.25, 0.3) is 0 Å². The molecule has 6 nitrogen and oxygen atoms in total. The van der Waals surface area contributed by atoms with Crippen LogP contribution in [0.1, 0.15) is 38.7 Å². The van der Waals surface area contributed by atoms with Gasteiger partial charge in [-0.15, -0.1) is 0 Å². The second-order valence-electron chi connectivity index (χ2n) is 7.78. The molecule has 2 N–H and O–H groups in total. The molecule has 2 aliphatic rings. The Hall–Kier alpha value is -2.08. The highest BCUT2D eigenvalue weighted by atomic mass is 16.1. The van der Waals surface area contributed by atoms with Crippen molar-refractivity contribution in [3.05, 3.63) is 35.9 Å². The molecule has 1 aromatic carbocycles. The number of aliphatic imine (C=N–C) groups is 1. The molecule has 0 spiro atoms. The number of piperidine rings is 2. The standard InChI is InChI=1S/C22H35N5O/c1-3-23-21(28)15-25-22(24-4-2)27-14-12-20-19(17-27)11-8-13-26(20)16-18-9-6-5-7-10-18/h5-7,9-10,19-20H,3-4,8,11-17H2,1-2H3,(H,23,28)(H,24,25). The summed E-state index contributed by atoms with van der Waals surface area (Å²) in [5.41, 5.74) is 1.41. The second kappa shape index (κ2) is 10.5. The number of fused-ring (bicyclic) bond motifs is 1. The lowest BCUT2D eigenvalue weighted by Crippen LogP contribution is -2.56. The van der Waals surface area contributed by atoms with Gasteiger partial charge >= 0.3 is 0 Å². The molecule has 1 amide bonds. The molecule has 2 unspecified atom stereocenters. The van der Waals surface area contributed by atoms with Gasteiger partial charge < -0.3 is 15.5 Å². The Morgan fingerprint density at radius 1 is 1.11 bits per heavy atom. The maximum Gasteiger partial charge on any atom is 0.241 e. The third kappa shape index (κ3) is 5.47. The van der Waals surface area contributed by atoms with E-state index < -0.39 is 0 Å². The molecule has 0 aromatic heterocycles. The summed E-state index contributed by atoms with van der Waals surface area (Å²) in [5.74, 6) is 1.53. The van der Waals surface area contributed by atoms with Crippen LogP contribution in [0.5, 0.6) is 0 Å². The molecule has 0 aliphatic carbocycles. The Labute approximate surface area is 169 Å². The molecule has 2 atom stereocenters. The zero-order chi connectivity index (χ0) is 19.8. The summed E-state index contributed by atoms with van der Waals surface area (Å²) >= 11 is 0. The fraction of sp³-hybridized carbons (Fsp3) is 0.636. The van der Waals surface area contributed by atoms with Gasteiger partial charge in [-0.1, -0.05) is 30.3 Å². The minimum Gasteiger partial charge on any atom is -0.357 e. The molecule has 154 valence electrons. The van der Waals surface area contributed by atoms with Crippen LogP contribution in [0, 0.1) is 5.92 Å². The SMILES string of the molecule is CCNC(=O)CN=C(NCC)N1CCC2C(CCCN2Cc2ccccc2)C1. The van der Waals surface area contributed by atoms with Gasteiger partial charge in [-0.2, -0.15) is 0 Å². The van der Waals surface area contributed by atoms with E-state index >= 15 is 0 Å². The van der Waals surface area contributed by atoms with Crippen LogP contribution in [-0.2, 0) is 11.3 Å². The van der Waals surface area contributed by atoms with Gasteiger partial charge in [-0.25, -0.2) is 4.99 Å². The molecule has 2 fully saturated rings. The summed E-state index contributed by atoms with van der Waals surface area (Å²) < 4.78 is 0. The van der Waals surface area contributed by atoms with E-state index in [1.807, 2.05) is 6.92 Å². The number of nitrogens with one attached hydrogen (secondary N) is 2. The Balaban J connectivity index is 1.62. The average molecular weight is 386 g/mol. The minimum atomic E-state index is -0.0144. The molecule has 6 heteroatoms. The first kappa shape index (κ1) is 20.6. The molecular formula is C22H35N5O. The number of guanidine groups is 1. The molecule has 1 aromatic rings. The quantitative estimate of drug-likeness (QED) is 0.581. The first-order valence-electron chi connectivity index (χ1n) is 10.8. The summed E-state index contributed by atoms with van der Waals surface area (Å²) in [6, 6.07) is 11.5. The monoisotopic (exact) mass is 385 g/mol. The molecule has 28 heavy (non-hydrogen) atoms. The van der Waals surface area contributed by atoms with Gasteiger partial charge in [0.05, 0.1) is 0 Å². The highest BCUT2D eigenvalue weighted by Gasteiger charge is 2.36. The largest absolute Gasteiger partial charge is 0.357 e. The van der Waals surface area contributed by atoms with Crippen LogP contribution in [0.4, 0.5) is 0 Å². The Morgan fingerprint density at radius 2 is 1.89 bits per heavy atom. The predicted molar refractivity (Wildman–Crippen MR) is 114 cm³/mol. The number of hydrogen-bond donors (Lipinski definition) is 2. The van der Waals surface area contributed by atoms with E-state index in [0.29, 0.717) is 18.5 Å². The number of carbonyl (C=O) groups is 1. The molecular weight excluding hydrogens is 350 g/mol. The van der Waals surface area contributed by atoms with Gasteiger partial charge in [0, 0.05) is 38.8 Å². The first-order valence-corrected chi connectivity index (χ1v) is 10.8. The van der Waals surface area contributed by atoms with Gasteiger partial charge in [-0.05, 0) is 51.1 Å². The zero-order valence-electron chi connectivity index (χ0n) is 17.4. The normalized spacial score (nSPS) is 23.2. The van der Waals surface area contributed by atoms with E-state index in [0.717, 1.165) is 38.6 Å². The lowest BCUT2D eigenvalue weighted by Gasteiger charge is -2.48. The Bertz CT molecular complexity index is 648. The van der Waals surface area contributed by atoms with Crippen molar-refractivity contribution in [3.8, 4) is 0 Å². The third-order valence-corrected chi connectivity index (χ3v) is 5.79. The van der Waals surface area contributed by atoms with E-state index in [2.05, 4.69) is 62.7 Å². The maximum atomic E-state index is 11.8. The van der Waals surface area contributed by atoms with Crippen molar-refractivity contribution in [1.29, 1.82) is 0 Å². The summed E-state index contributed by atoms with van der Waals surface area (Å²) in [6.45, 7) is 9.94. The number of hydrogen-bond acceptors (Lipinski definition) is 3. The summed E-state index contributed by atoms with van der Waals surface area (Å²) in [5, 5.41) is 6.20. The predicted octanol–water partition coefficient (Wildman–Crippen LogP) is 2.07. The van der Waals surface area contributed by atoms with Gasteiger partial charge in [0.15, 0.2) is 5.96 Å². The molecule has 3 rings (SSSR count). The van der Waals surface area contributed by atoms with E-state index in [9.17, 15) is 4.79 Å². The molecule has 0 bridgehead atoms. The van der Waals surface area contributed by atoms with E-state index in [4.69, 9.17) is 0 Å². The smallest absolute Gasteiger partial charge is 0.241 e. The molecule has 2 heterocycles. The van der Waals surface area contributed by atoms with E-state index in [1.165, 1.54) is 24.9 Å². The Kier molecular flexibility index (Phi) is 7.71. The van der Waals surface area contributed by atoms with E-state index in [1.54, 1.807) is 0 Å². The number of nitrogens with zero attached hydrogens (tertiary/aromatic N) is 3. The fourth-order valence-electron chi connectivity index (χ4n) is 4.54. The van der Waals surface area contributed by atoms with Crippen molar-refractivity contribution >= 4 is 11.9 Å². The lowest BCUT2D eigenvalue weighted by atomic mass is 9.83. The van der Waals surface area contributed by atoms with Crippen molar-refractivity contribution in [3.63, 3.8) is 0 Å². The second-order valence-corrected chi connectivity index (χ2v) is 7.78. The minimum absolute atomic E-state index is 0.0144. The van der Waals surface area contributed by atoms with Gasteiger partial charge in [-0.3, -0.25) is 9.69 Å². The Morgan fingerprint density at radius 3 is 2.64 bits per heavy atom. The highest BCUT2D eigenvalue weighted by molar-refractivity contribution is 5.85. The van der Waals surface area contributed by atoms with Gasteiger partial charge in [0.2, 0.25) is 5.91 Å². The zero-order valence-corrected chi connectivity index (χ0v) is 17.4. The van der Waals surface area contributed by atoms with Crippen molar-refractivity contribution in [1.82, 2.24) is 20.4 Å². The van der Waals surface area contributed by atoms with Crippen LogP contribution in [0.3, 0.4) is 0 Å². The molecule has 0 radical (unpaired) electrons. The number of rotatable bonds is 6.